The van der Waals surface area contributed by atoms with Crippen molar-refractivity contribution in [2.24, 2.45) is 0 Å². The summed E-state index contributed by atoms with van der Waals surface area (Å²) in [5.41, 5.74) is 2.63. The summed E-state index contributed by atoms with van der Waals surface area (Å²) < 4.78 is 5.45. The van der Waals surface area contributed by atoms with Gasteiger partial charge in [0.25, 0.3) is 0 Å². The molecule has 1 atom stereocenters. The maximum atomic E-state index is 11.5. The molecule has 4 nitrogen and oxygen atoms in total. The lowest BCUT2D eigenvalue weighted by Crippen LogP contribution is -2.53. The Hall–Kier alpha value is -1.97. The Morgan fingerprint density at radius 2 is 2.05 bits per heavy atom. The number of methoxy groups -OCH3 is 1. The van der Waals surface area contributed by atoms with E-state index in [0.29, 0.717) is 5.75 Å². The summed E-state index contributed by atoms with van der Waals surface area (Å²) in [6.07, 6.45) is 2.11. The van der Waals surface area contributed by atoms with E-state index in [0.717, 1.165) is 16.8 Å². The van der Waals surface area contributed by atoms with Gasteiger partial charge >= 0.3 is 5.97 Å². The van der Waals surface area contributed by atoms with Crippen LogP contribution in [0.1, 0.15) is 33.3 Å². The summed E-state index contributed by atoms with van der Waals surface area (Å²) in [5.74, 6) is -0.140. The molecule has 20 heavy (non-hydrogen) atoms. The smallest absolute Gasteiger partial charge is 0.326 e. The Morgan fingerprint density at radius 1 is 1.40 bits per heavy atom. The first-order valence-corrected chi connectivity index (χ1v) is 6.68. The highest BCUT2D eigenvalue weighted by atomic mass is 16.5. The van der Waals surface area contributed by atoms with Gasteiger partial charge in [-0.2, -0.15) is 0 Å². The lowest BCUT2D eigenvalue weighted by molar-refractivity contribution is -0.138. The number of carbonyl (C=O) groups is 1. The fraction of sp³-hybridized carbons (Fsp3) is 0.438. The van der Waals surface area contributed by atoms with Crippen LogP contribution in [0.2, 0.25) is 0 Å². The number of nitrogens with zero attached hydrogens (tertiary/aromatic N) is 1. The number of hydrogen-bond donors (Lipinski definition) is 1. The molecule has 0 bridgehead atoms. The molecule has 4 heteroatoms. The number of rotatable bonds is 3. The van der Waals surface area contributed by atoms with Crippen LogP contribution in [0.25, 0.3) is 5.57 Å². The summed E-state index contributed by atoms with van der Waals surface area (Å²) >= 11 is 0. The van der Waals surface area contributed by atoms with Gasteiger partial charge in [0, 0.05) is 5.56 Å². The maximum absolute atomic E-state index is 11.5. The summed E-state index contributed by atoms with van der Waals surface area (Å²) in [4.78, 5) is 13.4. The van der Waals surface area contributed by atoms with Gasteiger partial charge in [-0.3, -0.25) is 0 Å². The van der Waals surface area contributed by atoms with Crippen LogP contribution in [0.3, 0.4) is 0 Å². The van der Waals surface area contributed by atoms with Crippen LogP contribution in [0, 0.1) is 0 Å². The zero-order chi connectivity index (χ0) is 15.1. The van der Waals surface area contributed by atoms with Crippen molar-refractivity contribution in [2.45, 2.75) is 39.3 Å². The second kappa shape index (κ2) is 4.85. The van der Waals surface area contributed by atoms with Crippen LogP contribution in [0.4, 0.5) is 5.69 Å². The molecule has 1 aliphatic rings. The molecule has 0 fully saturated rings. The van der Waals surface area contributed by atoms with Crippen LogP contribution < -0.4 is 9.64 Å². The van der Waals surface area contributed by atoms with E-state index >= 15 is 0 Å². The second-order valence-corrected chi connectivity index (χ2v) is 5.72. The lowest BCUT2D eigenvalue weighted by atomic mass is 9.87. The molecule has 0 aromatic heterocycles. The topological polar surface area (TPSA) is 49.8 Å². The maximum Gasteiger partial charge on any atom is 0.326 e. The first kappa shape index (κ1) is 14.4. The number of aliphatic carboxylic acids is 1. The average Bonchev–Trinajstić information content (AvgIpc) is 2.36. The van der Waals surface area contributed by atoms with E-state index in [1.807, 2.05) is 43.9 Å². The van der Waals surface area contributed by atoms with Crippen LogP contribution in [-0.4, -0.2) is 29.8 Å². The standard InChI is InChI=1S/C16H21NO3/c1-10-9-16(3,4)17(11(2)15(18)19)14-12(10)7-6-8-13(14)20-5/h6-9,11H,1-5H3,(H,18,19)/t11-/m1/s1. The summed E-state index contributed by atoms with van der Waals surface area (Å²) in [5, 5.41) is 9.42. The molecule has 0 aliphatic carbocycles. The number of carboxylic acids is 1. The van der Waals surface area contributed by atoms with Crippen molar-refractivity contribution in [3.8, 4) is 5.75 Å². The van der Waals surface area contributed by atoms with Crippen molar-refractivity contribution in [3.05, 3.63) is 29.8 Å². The minimum Gasteiger partial charge on any atom is -0.495 e. The molecule has 0 amide bonds. The third-order valence-electron chi connectivity index (χ3n) is 3.82. The Kier molecular flexibility index (Phi) is 3.50. The molecule has 108 valence electrons. The Bertz CT molecular complexity index is 575. The molecule has 1 aliphatic heterocycles. The minimum absolute atomic E-state index is 0.385. The van der Waals surface area contributed by atoms with Gasteiger partial charge in [-0.05, 0) is 39.3 Å². The number of carboxylic acid groups (broad SMARTS) is 1. The van der Waals surface area contributed by atoms with Crippen molar-refractivity contribution in [2.75, 3.05) is 12.0 Å². The zero-order valence-electron chi connectivity index (χ0n) is 12.6. The van der Waals surface area contributed by atoms with Gasteiger partial charge < -0.3 is 14.7 Å². The molecule has 0 radical (unpaired) electrons. The monoisotopic (exact) mass is 275 g/mol. The number of ether oxygens (including phenoxy) is 1. The molecule has 0 spiro atoms. The van der Waals surface area contributed by atoms with E-state index in [4.69, 9.17) is 4.74 Å². The lowest BCUT2D eigenvalue weighted by Gasteiger charge is -2.45. The van der Waals surface area contributed by atoms with Crippen molar-refractivity contribution in [1.82, 2.24) is 0 Å². The van der Waals surface area contributed by atoms with Crippen molar-refractivity contribution in [1.29, 1.82) is 0 Å². The van der Waals surface area contributed by atoms with Gasteiger partial charge in [-0.15, -0.1) is 0 Å². The average molecular weight is 275 g/mol. The zero-order valence-corrected chi connectivity index (χ0v) is 12.6. The third kappa shape index (κ3) is 2.15. The van der Waals surface area contributed by atoms with E-state index in [-0.39, 0.29) is 5.54 Å². The molecule has 1 aromatic carbocycles. The van der Waals surface area contributed by atoms with Gasteiger partial charge in [0.15, 0.2) is 0 Å². The summed E-state index contributed by atoms with van der Waals surface area (Å²) in [6, 6.07) is 5.16. The fourth-order valence-corrected chi connectivity index (χ4v) is 3.02. The second-order valence-electron chi connectivity index (χ2n) is 5.72. The Labute approximate surface area is 119 Å². The molecule has 1 N–H and O–H groups in total. The predicted molar refractivity (Wildman–Crippen MR) is 80.3 cm³/mol. The molecular weight excluding hydrogens is 254 g/mol. The highest BCUT2D eigenvalue weighted by molar-refractivity contribution is 5.89. The fourth-order valence-electron chi connectivity index (χ4n) is 3.02. The number of anilines is 1. The number of allylic oxidation sites excluding steroid dienone is 1. The third-order valence-corrected chi connectivity index (χ3v) is 3.82. The van der Waals surface area contributed by atoms with Gasteiger partial charge in [-0.25, -0.2) is 4.79 Å². The largest absolute Gasteiger partial charge is 0.495 e. The highest BCUT2D eigenvalue weighted by Gasteiger charge is 2.38. The quantitative estimate of drug-likeness (QED) is 0.920. The molecule has 0 saturated carbocycles. The number of benzene rings is 1. The van der Waals surface area contributed by atoms with Crippen molar-refractivity contribution >= 4 is 17.2 Å². The number of para-hydroxylation sites is 1. The van der Waals surface area contributed by atoms with E-state index in [1.54, 1.807) is 14.0 Å². The molecule has 0 unspecified atom stereocenters. The molecular formula is C16H21NO3. The van der Waals surface area contributed by atoms with E-state index in [2.05, 4.69) is 6.08 Å². The van der Waals surface area contributed by atoms with Gasteiger partial charge in [0.2, 0.25) is 0 Å². The normalized spacial score (nSPS) is 18.1. The van der Waals surface area contributed by atoms with Gasteiger partial charge in [-0.1, -0.05) is 18.2 Å². The first-order chi connectivity index (χ1) is 9.29. The number of fused-ring (bicyclic) bond motifs is 1. The van der Waals surface area contributed by atoms with Crippen molar-refractivity contribution < 1.29 is 14.6 Å². The molecule has 2 rings (SSSR count). The molecule has 0 saturated heterocycles. The summed E-state index contributed by atoms with van der Waals surface area (Å²) in [6.45, 7) is 7.79. The van der Waals surface area contributed by atoms with Crippen LogP contribution in [0.15, 0.2) is 24.3 Å². The first-order valence-electron chi connectivity index (χ1n) is 6.68. The summed E-state index contributed by atoms with van der Waals surface area (Å²) in [7, 11) is 1.61. The Balaban J connectivity index is 2.72. The van der Waals surface area contributed by atoms with Crippen LogP contribution >= 0.6 is 0 Å². The highest BCUT2D eigenvalue weighted by Crippen LogP contribution is 2.45. The van der Waals surface area contributed by atoms with E-state index in [9.17, 15) is 9.90 Å². The van der Waals surface area contributed by atoms with Gasteiger partial charge in [0.1, 0.15) is 11.8 Å². The van der Waals surface area contributed by atoms with E-state index < -0.39 is 12.0 Å². The van der Waals surface area contributed by atoms with Gasteiger partial charge in [0.05, 0.1) is 18.3 Å². The van der Waals surface area contributed by atoms with Crippen molar-refractivity contribution in [3.63, 3.8) is 0 Å². The SMILES string of the molecule is COc1cccc2c1N([C@H](C)C(=O)O)C(C)(C)C=C2C. The number of hydrogen-bond acceptors (Lipinski definition) is 3. The molecule has 1 heterocycles. The van der Waals surface area contributed by atoms with Crippen LogP contribution in [0.5, 0.6) is 5.75 Å². The minimum atomic E-state index is -0.845. The Morgan fingerprint density at radius 3 is 2.60 bits per heavy atom. The predicted octanol–water partition coefficient (Wildman–Crippen LogP) is 3.17. The van der Waals surface area contributed by atoms with Crippen LogP contribution in [-0.2, 0) is 4.79 Å². The van der Waals surface area contributed by atoms with E-state index in [1.165, 1.54) is 0 Å². The molecule has 1 aromatic rings.